The Hall–Kier alpha value is -2.28. The Morgan fingerprint density at radius 3 is 2.79 bits per heavy atom. The highest BCUT2D eigenvalue weighted by Gasteiger charge is 2.11. The molecule has 0 aliphatic heterocycles. The average molecular weight is 259 g/mol. The standard InChI is InChI=1S/C15H17NO3/c1-11(2)10-19-15(17)13(9-16)7-12-5-4-6-14(8-12)18-3/h4-8,11H,10H2,1-3H3. The molecule has 1 aromatic rings. The zero-order chi connectivity index (χ0) is 14.3. The van der Waals surface area contributed by atoms with Crippen LogP contribution in [-0.2, 0) is 9.53 Å². The lowest BCUT2D eigenvalue weighted by molar-refractivity contribution is -0.139. The topological polar surface area (TPSA) is 59.3 Å². The third-order valence-corrected chi connectivity index (χ3v) is 2.29. The van der Waals surface area contributed by atoms with E-state index >= 15 is 0 Å². The zero-order valence-electron chi connectivity index (χ0n) is 11.3. The first-order valence-electron chi connectivity index (χ1n) is 5.99. The number of rotatable bonds is 5. The Morgan fingerprint density at radius 1 is 1.47 bits per heavy atom. The number of hydrogen-bond acceptors (Lipinski definition) is 4. The van der Waals surface area contributed by atoms with Crippen LogP contribution < -0.4 is 4.74 Å². The van der Waals surface area contributed by atoms with Crippen LogP contribution >= 0.6 is 0 Å². The molecule has 1 aromatic carbocycles. The van der Waals surface area contributed by atoms with E-state index < -0.39 is 5.97 Å². The molecule has 0 saturated heterocycles. The van der Waals surface area contributed by atoms with Gasteiger partial charge in [0, 0.05) is 0 Å². The fourth-order valence-corrected chi connectivity index (χ4v) is 1.35. The minimum Gasteiger partial charge on any atom is -0.497 e. The summed E-state index contributed by atoms with van der Waals surface area (Å²) in [5.74, 6) is 0.307. The minimum absolute atomic E-state index is 0.0195. The molecule has 19 heavy (non-hydrogen) atoms. The first-order valence-corrected chi connectivity index (χ1v) is 5.99. The summed E-state index contributed by atoms with van der Waals surface area (Å²) in [6, 6.07) is 8.97. The fourth-order valence-electron chi connectivity index (χ4n) is 1.35. The van der Waals surface area contributed by atoms with Crippen molar-refractivity contribution in [3.05, 3.63) is 35.4 Å². The van der Waals surface area contributed by atoms with Gasteiger partial charge in [-0.25, -0.2) is 4.79 Å². The Kier molecular flexibility index (Phi) is 5.62. The van der Waals surface area contributed by atoms with Crippen molar-refractivity contribution >= 4 is 12.0 Å². The largest absolute Gasteiger partial charge is 0.497 e. The average Bonchev–Trinajstić information content (AvgIpc) is 2.42. The predicted octanol–water partition coefficient (Wildman–Crippen LogP) is 2.80. The van der Waals surface area contributed by atoms with Crippen LogP contribution in [0.4, 0.5) is 0 Å². The van der Waals surface area contributed by atoms with E-state index in [0.29, 0.717) is 12.4 Å². The van der Waals surface area contributed by atoms with Crippen LogP contribution in [0, 0.1) is 17.2 Å². The number of nitrogens with zero attached hydrogens (tertiary/aromatic N) is 1. The number of hydrogen-bond donors (Lipinski definition) is 0. The summed E-state index contributed by atoms with van der Waals surface area (Å²) in [5, 5.41) is 9.00. The molecule has 1 rings (SSSR count). The van der Waals surface area contributed by atoms with Gasteiger partial charge in [0.25, 0.3) is 0 Å². The van der Waals surface area contributed by atoms with Gasteiger partial charge >= 0.3 is 5.97 Å². The molecule has 0 aliphatic rings. The molecule has 0 radical (unpaired) electrons. The van der Waals surface area contributed by atoms with Gasteiger partial charge in [0.2, 0.25) is 0 Å². The lowest BCUT2D eigenvalue weighted by Gasteiger charge is -2.06. The normalized spacial score (nSPS) is 11.0. The maximum Gasteiger partial charge on any atom is 0.348 e. The first-order chi connectivity index (χ1) is 9.06. The number of benzene rings is 1. The molecule has 4 nitrogen and oxygen atoms in total. The quantitative estimate of drug-likeness (QED) is 0.463. The van der Waals surface area contributed by atoms with Crippen LogP contribution in [-0.4, -0.2) is 19.7 Å². The van der Waals surface area contributed by atoms with Crippen LogP contribution in [0.15, 0.2) is 29.8 Å². The second kappa shape index (κ2) is 7.22. The number of nitriles is 1. The molecule has 0 saturated carbocycles. The molecule has 0 N–H and O–H groups in total. The van der Waals surface area contributed by atoms with Crippen molar-refractivity contribution in [3.8, 4) is 11.8 Å². The van der Waals surface area contributed by atoms with Crippen molar-refractivity contribution in [1.82, 2.24) is 0 Å². The van der Waals surface area contributed by atoms with Gasteiger partial charge in [-0.1, -0.05) is 26.0 Å². The molecule has 0 fully saturated rings. The molecule has 0 heterocycles. The second-order valence-corrected chi connectivity index (χ2v) is 4.44. The van der Waals surface area contributed by atoms with Gasteiger partial charge in [-0.2, -0.15) is 5.26 Å². The van der Waals surface area contributed by atoms with Crippen molar-refractivity contribution < 1.29 is 14.3 Å². The molecule has 0 amide bonds. The third-order valence-electron chi connectivity index (χ3n) is 2.29. The van der Waals surface area contributed by atoms with Crippen LogP contribution in [0.3, 0.4) is 0 Å². The van der Waals surface area contributed by atoms with Crippen molar-refractivity contribution in [2.75, 3.05) is 13.7 Å². The summed E-state index contributed by atoms with van der Waals surface area (Å²) in [6.07, 6.45) is 1.49. The van der Waals surface area contributed by atoms with E-state index in [0.717, 1.165) is 5.56 Å². The van der Waals surface area contributed by atoms with Crippen molar-refractivity contribution in [1.29, 1.82) is 5.26 Å². The van der Waals surface area contributed by atoms with Gasteiger partial charge in [-0.05, 0) is 29.7 Å². The predicted molar refractivity (Wildman–Crippen MR) is 72.4 cm³/mol. The van der Waals surface area contributed by atoms with E-state index in [1.165, 1.54) is 6.08 Å². The Morgan fingerprint density at radius 2 is 2.21 bits per heavy atom. The van der Waals surface area contributed by atoms with Crippen LogP contribution in [0.2, 0.25) is 0 Å². The van der Waals surface area contributed by atoms with E-state index in [1.54, 1.807) is 31.4 Å². The summed E-state index contributed by atoms with van der Waals surface area (Å²) in [4.78, 5) is 11.7. The lowest BCUT2D eigenvalue weighted by atomic mass is 10.1. The molecule has 0 aliphatic carbocycles. The molecule has 0 bridgehead atoms. The van der Waals surface area contributed by atoms with Gasteiger partial charge in [0.15, 0.2) is 0 Å². The van der Waals surface area contributed by atoms with E-state index in [2.05, 4.69) is 0 Å². The summed E-state index contributed by atoms with van der Waals surface area (Å²) < 4.78 is 10.1. The highest BCUT2D eigenvalue weighted by molar-refractivity contribution is 5.97. The summed E-state index contributed by atoms with van der Waals surface area (Å²) in [7, 11) is 1.56. The number of methoxy groups -OCH3 is 1. The molecular weight excluding hydrogens is 242 g/mol. The number of ether oxygens (including phenoxy) is 2. The van der Waals surface area contributed by atoms with Crippen LogP contribution in [0.5, 0.6) is 5.75 Å². The van der Waals surface area contributed by atoms with E-state index in [9.17, 15) is 4.79 Å². The van der Waals surface area contributed by atoms with Crippen LogP contribution in [0.1, 0.15) is 19.4 Å². The summed E-state index contributed by atoms with van der Waals surface area (Å²) in [6.45, 7) is 4.17. The second-order valence-electron chi connectivity index (χ2n) is 4.44. The van der Waals surface area contributed by atoms with Crippen LogP contribution in [0.25, 0.3) is 6.08 Å². The van der Waals surface area contributed by atoms with Gasteiger partial charge in [-0.15, -0.1) is 0 Å². The van der Waals surface area contributed by atoms with Crippen molar-refractivity contribution in [2.24, 2.45) is 5.92 Å². The molecule has 0 atom stereocenters. The van der Waals surface area contributed by atoms with E-state index in [4.69, 9.17) is 14.7 Å². The molecule has 0 aromatic heterocycles. The van der Waals surface area contributed by atoms with E-state index in [1.807, 2.05) is 19.9 Å². The molecule has 0 unspecified atom stereocenters. The number of esters is 1. The minimum atomic E-state index is -0.598. The molecule has 100 valence electrons. The first kappa shape index (κ1) is 14.8. The molecular formula is C15H17NO3. The maximum absolute atomic E-state index is 11.7. The lowest BCUT2D eigenvalue weighted by Crippen LogP contribution is -2.11. The highest BCUT2D eigenvalue weighted by atomic mass is 16.5. The maximum atomic E-state index is 11.7. The number of carbonyl (C=O) groups excluding carboxylic acids is 1. The third kappa shape index (κ3) is 4.84. The smallest absolute Gasteiger partial charge is 0.348 e. The monoisotopic (exact) mass is 259 g/mol. The Labute approximate surface area is 113 Å². The van der Waals surface area contributed by atoms with Gasteiger partial charge in [-0.3, -0.25) is 0 Å². The van der Waals surface area contributed by atoms with Gasteiger partial charge < -0.3 is 9.47 Å². The fraction of sp³-hybridized carbons (Fsp3) is 0.333. The summed E-state index contributed by atoms with van der Waals surface area (Å²) in [5.41, 5.74) is 0.700. The molecule has 0 spiro atoms. The number of carbonyl (C=O) groups is 1. The van der Waals surface area contributed by atoms with Gasteiger partial charge in [0.1, 0.15) is 17.4 Å². The summed E-state index contributed by atoms with van der Waals surface area (Å²) >= 11 is 0. The molecule has 4 heteroatoms. The van der Waals surface area contributed by atoms with Crippen molar-refractivity contribution in [3.63, 3.8) is 0 Å². The van der Waals surface area contributed by atoms with E-state index in [-0.39, 0.29) is 11.5 Å². The zero-order valence-corrected chi connectivity index (χ0v) is 11.3. The Bertz CT molecular complexity index is 512. The SMILES string of the molecule is COc1cccc(C=C(C#N)C(=O)OCC(C)C)c1. The highest BCUT2D eigenvalue weighted by Crippen LogP contribution is 2.15. The van der Waals surface area contributed by atoms with Crippen molar-refractivity contribution in [2.45, 2.75) is 13.8 Å². The Balaban J connectivity index is 2.86. The van der Waals surface area contributed by atoms with Gasteiger partial charge in [0.05, 0.1) is 13.7 Å².